The minimum Gasteiger partial charge on any atom is -0.376 e. The highest BCUT2D eigenvalue weighted by molar-refractivity contribution is 5.81. The SMILES string of the molecule is CC(C)c1ccc(NCC(=O)N2CCN(c3ncccn3)CC2)cc1. The van der Waals surface area contributed by atoms with Gasteiger partial charge in [0.05, 0.1) is 6.54 Å². The van der Waals surface area contributed by atoms with Crippen molar-refractivity contribution >= 4 is 17.5 Å². The molecule has 0 aliphatic carbocycles. The molecule has 2 aromatic rings. The van der Waals surface area contributed by atoms with Gasteiger partial charge in [-0.15, -0.1) is 0 Å². The van der Waals surface area contributed by atoms with Crippen LogP contribution in [0.2, 0.25) is 0 Å². The summed E-state index contributed by atoms with van der Waals surface area (Å²) in [5.74, 6) is 1.38. The lowest BCUT2D eigenvalue weighted by molar-refractivity contribution is -0.129. The Morgan fingerprint density at radius 2 is 1.72 bits per heavy atom. The lowest BCUT2D eigenvalue weighted by Gasteiger charge is -2.34. The second-order valence-corrected chi connectivity index (χ2v) is 6.55. The van der Waals surface area contributed by atoms with E-state index < -0.39 is 0 Å². The molecular formula is C19H25N5O. The average Bonchev–Trinajstić information content (AvgIpc) is 2.67. The summed E-state index contributed by atoms with van der Waals surface area (Å²) in [7, 11) is 0. The van der Waals surface area contributed by atoms with Crippen LogP contribution in [0.4, 0.5) is 11.6 Å². The van der Waals surface area contributed by atoms with Crippen molar-refractivity contribution in [2.45, 2.75) is 19.8 Å². The fraction of sp³-hybridized carbons (Fsp3) is 0.421. The summed E-state index contributed by atoms with van der Waals surface area (Å²) in [5.41, 5.74) is 2.28. The summed E-state index contributed by atoms with van der Waals surface area (Å²) in [6.45, 7) is 7.59. The topological polar surface area (TPSA) is 61.4 Å². The standard InChI is InChI=1S/C19H25N5O/c1-15(2)16-4-6-17(7-5-16)22-14-18(25)23-10-12-24(13-11-23)19-20-8-3-9-21-19/h3-9,15,22H,10-14H2,1-2H3. The van der Waals surface area contributed by atoms with Gasteiger partial charge in [-0.2, -0.15) is 0 Å². The highest BCUT2D eigenvalue weighted by Crippen LogP contribution is 2.17. The first-order chi connectivity index (χ1) is 12.1. The van der Waals surface area contributed by atoms with Gasteiger partial charge in [0.25, 0.3) is 0 Å². The molecule has 0 radical (unpaired) electrons. The predicted molar refractivity (Wildman–Crippen MR) is 99.8 cm³/mol. The molecule has 1 amide bonds. The van der Waals surface area contributed by atoms with Gasteiger partial charge in [-0.25, -0.2) is 9.97 Å². The van der Waals surface area contributed by atoms with Crippen molar-refractivity contribution < 1.29 is 4.79 Å². The molecule has 1 fully saturated rings. The van der Waals surface area contributed by atoms with Gasteiger partial charge in [0.2, 0.25) is 11.9 Å². The zero-order valence-corrected chi connectivity index (χ0v) is 14.9. The monoisotopic (exact) mass is 339 g/mol. The van der Waals surface area contributed by atoms with Crippen molar-refractivity contribution in [3.8, 4) is 0 Å². The summed E-state index contributed by atoms with van der Waals surface area (Å²) < 4.78 is 0. The number of nitrogens with one attached hydrogen (secondary N) is 1. The number of amides is 1. The fourth-order valence-electron chi connectivity index (χ4n) is 2.89. The Labute approximate surface area is 148 Å². The molecule has 0 atom stereocenters. The van der Waals surface area contributed by atoms with Crippen molar-refractivity contribution in [2.24, 2.45) is 0 Å². The lowest BCUT2D eigenvalue weighted by Crippen LogP contribution is -2.50. The summed E-state index contributed by atoms with van der Waals surface area (Å²) in [4.78, 5) is 24.9. The third kappa shape index (κ3) is 4.47. The number of carbonyl (C=O) groups excluding carboxylic acids is 1. The Bertz CT molecular complexity index is 679. The summed E-state index contributed by atoms with van der Waals surface area (Å²) in [6.07, 6.45) is 3.49. The fourth-order valence-corrected chi connectivity index (χ4v) is 2.89. The third-order valence-corrected chi connectivity index (χ3v) is 4.49. The highest BCUT2D eigenvalue weighted by atomic mass is 16.2. The van der Waals surface area contributed by atoms with Crippen molar-refractivity contribution in [3.05, 3.63) is 48.3 Å². The maximum atomic E-state index is 12.4. The molecule has 2 heterocycles. The van der Waals surface area contributed by atoms with E-state index in [1.54, 1.807) is 12.4 Å². The van der Waals surface area contributed by atoms with Crippen molar-refractivity contribution in [1.82, 2.24) is 14.9 Å². The van der Waals surface area contributed by atoms with Crippen LogP contribution in [0.1, 0.15) is 25.3 Å². The van der Waals surface area contributed by atoms with Crippen LogP contribution in [0.25, 0.3) is 0 Å². The Morgan fingerprint density at radius 1 is 1.08 bits per heavy atom. The van der Waals surface area contributed by atoms with Gasteiger partial charge in [-0.1, -0.05) is 26.0 Å². The molecular weight excluding hydrogens is 314 g/mol. The number of anilines is 2. The molecule has 3 rings (SSSR count). The van der Waals surface area contributed by atoms with Crippen LogP contribution in [0.3, 0.4) is 0 Å². The van der Waals surface area contributed by atoms with Crippen LogP contribution in [0, 0.1) is 0 Å². The van der Waals surface area contributed by atoms with Crippen LogP contribution in [-0.2, 0) is 4.79 Å². The van der Waals surface area contributed by atoms with E-state index in [-0.39, 0.29) is 5.91 Å². The number of hydrogen-bond donors (Lipinski definition) is 1. The molecule has 1 N–H and O–H groups in total. The van der Waals surface area contributed by atoms with Crippen molar-refractivity contribution in [1.29, 1.82) is 0 Å². The first kappa shape index (κ1) is 17.2. The normalized spacial score (nSPS) is 14.7. The number of hydrogen-bond acceptors (Lipinski definition) is 5. The molecule has 25 heavy (non-hydrogen) atoms. The van der Waals surface area contributed by atoms with Crippen LogP contribution < -0.4 is 10.2 Å². The van der Waals surface area contributed by atoms with Crippen LogP contribution in [-0.4, -0.2) is 53.5 Å². The van der Waals surface area contributed by atoms with Crippen molar-refractivity contribution in [3.63, 3.8) is 0 Å². The highest BCUT2D eigenvalue weighted by Gasteiger charge is 2.22. The minimum atomic E-state index is 0.126. The number of aromatic nitrogens is 2. The molecule has 132 valence electrons. The van der Waals surface area contributed by atoms with Gasteiger partial charge in [0.15, 0.2) is 0 Å². The molecule has 0 spiro atoms. The number of carbonyl (C=O) groups is 1. The number of benzene rings is 1. The Kier molecular flexibility index (Phi) is 5.48. The van der Waals surface area contributed by atoms with Gasteiger partial charge >= 0.3 is 0 Å². The summed E-state index contributed by atoms with van der Waals surface area (Å²) in [5, 5.41) is 3.22. The van der Waals surface area contributed by atoms with Gasteiger partial charge in [-0.05, 0) is 29.7 Å². The van der Waals surface area contributed by atoms with E-state index in [1.807, 2.05) is 23.1 Å². The van der Waals surface area contributed by atoms with Crippen molar-refractivity contribution in [2.75, 3.05) is 42.9 Å². The first-order valence-electron chi connectivity index (χ1n) is 8.77. The van der Waals surface area contributed by atoms with E-state index in [2.05, 4.69) is 46.2 Å². The van der Waals surface area contributed by atoms with E-state index in [4.69, 9.17) is 0 Å². The third-order valence-electron chi connectivity index (χ3n) is 4.49. The first-order valence-corrected chi connectivity index (χ1v) is 8.77. The second-order valence-electron chi connectivity index (χ2n) is 6.55. The molecule has 0 saturated carbocycles. The smallest absolute Gasteiger partial charge is 0.241 e. The molecule has 1 aromatic carbocycles. The summed E-state index contributed by atoms with van der Waals surface area (Å²) >= 11 is 0. The van der Waals surface area contributed by atoms with Gasteiger partial charge < -0.3 is 15.1 Å². The zero-order valence-electron chi connectivity index (χ0n) is 14.9. The van der Waals surface area contributed by atoms with E-state index in [1.165, 1.54) is 5.56 Å². The molecule has 1 aromatic heterocycles. The molecule has 0 unspecified atom stereocenters. The minimum absolute atomic E-state index is 0.126. The lowest BCUT2D eigenvalue weighted by atomic mass is 10.0. The van der Waals surface area contributed by atoms with Crippen LogP contribution in [0.15, 0.2) is 42.7 Å². The number of rotatable bonds is 5. The van der Waals surface area contributed by atoms with E-state index in [0.29, 0.717) is 25.6 Å². The summed E-state index contributed by atoms with van der Waals surface area (Å²) in [6, 6.07) is 10.1. The Balaban J connectivity index is 1.46. The molecule has 1 aliphatic rings. The van der Waals surface area contributed by atoms with E-state index in [9.17, 15) is 4.79 Å². The van der Waals surface area contributed by atoms with Gasteiger partial charge in [-0.3, -0.25) is 4.79 Å². The maximum absolute atomic E-state index is 12.4. The molecule has 1 saturated heterocycles. The van der Waals surface area contributed by atoms with Gasteiger partial charge in [0, 0.05) is 44.3 Å². The quantitative estimate of drug-likeness (QED) is 0.906. The predicted octanol–water partition coefficient (Wildman–Crippen LogP) is 2.36. The largest absolute Gasteiger partial charge is 0.376 e. The number of piperazine rings is 1. The molecule has 1 aliphatic heterocycles. The van der Waals surface area contributed by atoms with Gasteiger partial charge in [0.1, 0.15) is 0 Å². The molecule has 6 heteroatoms. The van der Waals surface area contributed by atoms with E-state index >= 15 is 0 Å². The Morgan fingerprint density at radius 3 is 2.32 bits per heavy atom. The molecule has 0 bridgehead atoms. The second kappa shape index (κ2) is 7.96. The average molecular weight is 339 g/mol. The van der Waals surface area contributed by atoms with Crippen LogP contribution in [0.5, 0.6) is 0 Å². The number of nitrogens with zero attached hydrogens (tertiary/aromatic N) is 4. The maximum Gasteiger partial charge on any atom is 0.241 e. The van der Waals surface area contributed by atoms with Crippen LogP contribution >= 0.6 is 0 Å². The Hall–Kier alpha value is -2.63. The molecule has 6 nitrogen and oxygen atoms in total. The van der Waals surface area contributed by atoms with E-state index in [0.717, 1.165) is 24.7 Å². The zero-order chi connectivity index (χ0) is 17.6.